The Bertz CT molecular complexity index is 4440. The number of Topliss-reactive ketones (excluding diaryl/α,β-unsaturated/α-hetero) is 1. The van der Waals surface area contributed by atoms with Crippen molar-refractivity contribution in [1.29, 1.82) is 0 Å². The number of hydrogen-bond acceptors (Lipinski definition) is 14. The zero-order valence-electron chi connectivity index (χ0n) is 70.7. The standard InChI is InChI=1S/C32H42O4Si.C31H40O4SSi.C18H18O3S.C13H21BrOSi/c1-30(2,3)37(7,8)36-22-23-9-11-26(12-10-23)32(33)29-18-17-28(35-6)21-24(29)19-20-31(32,4)25-13-15-27(34-5)16-14-25;1-29(2,3)37(7,8)35-20-22-9-11-24(12-10-22)31(32)27-18-17-26(34-6)19-28(27)36-21-30(31,4)23-13-15-25(33-5)16-14-23;1-18(12-4-6-13(20-2)7-5-12)11-22-16-10-14(21-3)8-9-15(16)17(18)19;1-13(2,3)16(4,5)15-10-11-6-8-12(14)9-7-11/h9-18,21,33H,19-20,22H2,1-8H3;9-19,32H,20-21H2,1-8H3;4-10H,11H2,1-3H3;6-9H,10H2,1-5H3/t;30-,31-;;/m.0../s1. The Labute approximate surface area is 689 Å². The number of thioether (sulfide) groups is 2. The first-order chi connectivity index (χ1) is 52.5. The van der Waals surface area contributed by atoms with Gasteiger partial charge >= 0.3 is 0 Å². The highest BCUT2D eigenvalue weighted by molar-refractivity contribution is 9.10. The van der Waals surface area contributed by atoms with Crippen LogP contribution in [-0.2, 0) is 67.0 Å². The molecule has 0 bridgehead atoms. The normalized spacial score (nSPS) is 20.3. The SMILES string of the molecule is CC(C)(C)[Si](C)(C)OCc1ccc(Br)cc1.COc1ccc(C2(C)CCc3cc(OC)ccc3C2(O)c2ccc(CO[Si](C)(C)C(C)(C)C)cc2)cc1.COc1ccc(C2(C)CSc3cc(OC)ccc3C2=O)cc1.COc1ccc([C@]2(C)CSc3cc(OC)ccc3[C@@]2(O)c2ccc(CO[Si](C)(C)C(C)(C)C)cc2)cc1. The summed E-state index contributed by atoms with van der Waals surface area (Å²) in [5, 5.41) is 26.2. The predicted octanol–water partition coefficient (Wildman–Crippen LogP) is 23.8. The van der Waals surface area contributed by atoms with E-state index in [0.29, 0.717) is 19.0 Å². The lowest BCUT2D eigenvalue weighted by Gasteiger charge is -2.50. The number of fused-ring (bicyclic) bond motifs is 3. The summed E-state index contributed by atoms with van der Waals surface area (Å²) in [7, 11) is 4.66. The van der Waals surface area contributed by atoms with Crippen molar-refractivity contribution in [2.24, 2.45) is 0 Å². The second-order valence-electron chi connectivity index (χ2n) is 34.9. The average Bonchev–Trinajstić information content (AvgIpc) is 0.714. The molecule has 600 valence electrons. The van der Waals surface area contributed by atoms with E-state index in [1.807, 2.05) is 104 Å². The number of methoxy groups -OCH3 is 6. The van der Waals surface area contributed by atoms with Crippen LogP contribution < -0.4 is 28.4 Å². The predicted molar refractivity (Wildman–Crippen MR) is 473 cm³/mol. The Hall–Kier alpha value is -6.92. The molecule has 0 amide bonds. The number of ether oxygens (including phenoxy) is 6. The number of aliphatic hydroxyl groups is 2. The van der Waals surface area contributed by atoms with Crippen LogP contribution in [0.3, 0.4) is 0 Å². The molecule has 12 nitrogen and oxygen atoms in total. The molecule has 9 aromatic carbocycles. The summed E-state index contributed by atoms with van der Waals surface area (Å²) in [5.41, 5.74) is 8.03. The maximum atomic E-state index is 13.0. The Morgan fingerprint density at radius 2 is 0.705 bits per heavy atom. The summed E-state index contributed by atoms with van der Waals surface area (Å²) in [6.07, 6.45) is 1.65. The average molecular weight is 1670 g/mol. The molecule has 2 aliphatic heterocycles. The number of carbonyl (C=O) groups excluding carboxylic acids is 1. The van der Waals surface area contributed by atoms with E-state index in [1.54, 1.807) is 66.2 Å². The van der Waals surface area contributed by atoms with E-state index >= 15 is 0 Å². The first-order valence-electron chi connectivity index (χ1n) is 38.6. The van der Waals surface area contributed by atoms with Crippen LogP contribution in [0, 0.1) is 0 Å². The molecule has 9 aromatic rings. The van der Waals surface area contributed by atoms with Crippen LogP contribution in [-0.4, -0.2) is 95.1 Å². The minimum absolute atomic E-state index is 0.160. The van der Waals surface area contributed by atoms with Gasteiger partial charge in [-0.2, -0.15) is 0 Å². The quantitative estimate of drug-likeness (QED) is 0.0699. The van der Waals surface area contributed by atoms with Crippen LogP contribution in [0.15, 0.2) is 214 Å². The Morgan fingerprint density at radius 3 is 1.11 bits per heavy atom. The number of rotatable bonds is 20. The van der Waals surface area contributed by atoms with Gasteiger partial charge in [-0.05, 0) is 221 Å². The maximum absolute atomic E-state index is 13.0. The van der Waals surface area contributed by atoms with Gasteiger partial charge in [0.2, 0.25) is 0 Å². The van der Waals surface area contributed by atoms with E-state index in [4.69, 9.17) is 41.7 Å². The van der Waals surface area contributed by atoms with Crippen molar-refractivity contribution >= 4 is 70.2 Å². The van der Waals surface area contributed by atoms with E-state index in [9.17, 15) is 15.0 Å². The summed E-state index contributed by atoms with van der Waals surface area (Å²) in [6.45, 7) is 42.2. The van der Waals surface area contributed by atoms with Gasteiger partial charge in [0.05, 0.1) is 67.9 Å². The van der Waals surface area contributed by atoms with Crippen molar-refractivity contribution in [2.75, 3.05) is 54.2 Å². The largest absolute Gasteiger partial charge is 0.497 e. The fraction of sp³-hybridized carbons (Fsp3) is 0.415. The summed E-state index contributed by atoms with van der Waals surface area (Å²) in [6, 6.07) is 66.6. The molecule has 5 atom stereocenters. The van der Waals surface area contributed by atoms with Gasteiger partial charge in [0.25, 0.3) is 0 Å². The smallest absolute Gasteiger partial charge is 0.192 e. The summed E-state index contributed by atoms with van der Waals surface area (Å²) < 4.78 is 52.4. The summed E-state index contributed by atoms with van der Waals surface area (Å²) >= 11 is 6.89. The fourth-order valence-electron chi connectivity index (χ4n) is 13.7. The van der Waals surface area contributed by atoms with E-state index < -0.39 is 52.4 Å². The molecular weight excluding hydrogens is 1550 g/mol. The monoisotopic (exact) mass is 1670 g/mol. The topological polar surface area (TPSA) is 141 Å². The summed E-state index contributed by atoms with van der Waals surface area (Å²) in [4.78, 5) is 15.0. The third-order valence-electron chi connectivity index (χ3n) is 24.8. The fourth-order valence-corrected chi connectivity index (χ4v) is 19.5. The number of carbonyl (C=O) groups is 1. The molecule has 0 spiro atoms. The third-order valence-corrected chi connectivity index (χ3v) is 41.5. The van der Waals surface area contributed by atoms with Gasteiger partial charge in [-0.1, -0.05) is 201 Å². The molecule has 2 heterocycles. The number of aryl methyl sites for hydroxylation is 1. The van der Waals surface area contributed by atoms with E-state index in [-0.39, 0.29) is 20.9 Å². The van der Waals surface area contributed by atoms with E-state index in [1.165, 1.54) is 5.56 Å². The lowest BCUT2D eigenvalue weighted by molar-refractivity contribution is -0.0130. The van der Waals surface area contributed by atoms with Crippen molar-refractivity contribution in [3.8, 4) is 34.5 Å². The minimum atomic E-state index is -1.85. The highest BCUT2D eigenvalue weighted by Crippen LogP contribution is 2.58. The molecule has 112 heavy (non-hydrogen) atoms. The number of halogens is 1. The van der Waals surface area contributed by atoms with Crippen LogP contribution in [0.5, 0.6) is 34.5 Å². The van der Waals surface area contributed by atoms with Gasteiger partial charge < -0.3 is 51.9 Å². The molecular formula is C94H121BrO12S2Si3. The molecule has 0 saturated heterocycles. The first-order valence-corrected chi connectivity index (χ1v) is 50.1. The van der Waals surface area contributed by atoms with Crippen LogP contribution in [0.25, 0.3) is 0 Å². The van der Waals surface area contributed by atoms with E-state index in [2.05, 4.69) is 235 Å². The second kappa shape index (κ2) is 35.7. The maximum Gasteiger partial charge on any atom is 0.192 e. The molecule has 3 unspecified atom stereocenters. The van der Waals surface area contributed by atoms with Gasteiger partial charge in [0.15, 0.2) is 30.7 Å². The zero-order chi connectivity index (χ0) is 82.3. The number of benzene rings is 9. The van der Waals surface area contributed by atoms with Crippen molar-refractivity contribution in [2.45, 2.75) is 207 Å². The van der Waals surface area contributed by atoms with Crippen molar-refractivity contribution in [1.82, 2.24) is 0 Å². The summed E-state index contributed by atoms with van der Waals surface area (Å²) in [5.74, 6) is 6.39. The number of ketones is 1. The van der Waals surface area contributed by atoms with Crippen LogP contribution in [0.1, 0.15) is 161 Å². The van der Waals surface area contributed by atoms with Gasteiger partial charge in [0.1, 0.15) is 45.7 Å². The third kappa shape index (κ3) is 19.1. The zero-order valence-corrected chi connectivity index (χ0v) is 76.9. The van der Waals surface area contributed by atoms with Crippen molar-refractivity contribution < 1.29 is 56.7 Å². The highest BCUT2D eigenvalue weighted by atomic mass is 79.9. The molecule has 0 saturated carbocycles. The van der Waals surface area contributed by atoms with Crippen LogP contribution >= 0.6 is 39.5 Å². The molecule has 18 heteroatoms. The molecule has 3 aliphatic rings. The molecule has 2 N–H and O–H groups in total. The molecule has 1 aliphatic carbocycles. The van der Waals surface area contributed by atoms with E-state index in [0.717, 1.165) is 135 Å². The Balaban J connectivity index is 0.000000180. The molecule has 0 fully saturated rings. The van der Waals surface area contributed by atoms with Gasteiger partial charge in [-0.15, -0.1) is 23.5 Å². The Kier molecular flexibility index (Phi) is 28.4. The minimum Gasteiger partial charge on any atom is -0.497 e. The lowest BCUT2D eigenvalue weighted by atomic mass is 9.56. The second-order valence-corrected chi connectivity index (χ2v) is 52.3. The molecule has 0 aromatic heterocycles. The van der Waals surface area contributed by atoms with Gasteiger partial charge in [-0.3, -0.25) is 4.79 Å². The Morgan fingerprint density at radius 1 is 0.384 bits per heavy atom. The van der Waals surface area contributed by atoms with Gasteiger partial charge in [-0.25, -0.2) is 0 Å². The van der Waals surface area contributed by atoms with Crippen LogP contribution in [0.2, 0.25) is 54.4 Å². The lowest BCUT2D eigenvalue weighted by Crippen LogP contribution is -2.52. The highest BCUT2D eigenvalue weighted by Gasteiger charge is 2.56. The first kappa shape index (κ1) is 89.0. The molecule has 0 radical (unpaired) electrons. The van der Waals surface area contributed by atoms with Crippen LogP contribution in [0.4, 0.5) is 0 Å². The number of hydrogen-bond donors (Lipinski definition) is 2. The molecule has 12 rings (SSSR count). The van der Waals surface area contributed by atoms with Crippen molar-refractivity contribution in [3.05, 3.63) is 271 Å². The van der Waals surface area contributed by atoms with Crippen molar-refractivity contribution in [3.63, 3.8) is 0 Å². The van der Waals surface area contributed by atoms with Gasteiger partial charge in [0, 0.05) is 47.7 Å².